The van der Waals surface area contributed by atoms with Crippen molar-refractivity contribution in [1.29, 1.82) is 0 Å². The van der Waals surface area contributed by atoms with Crippen LogP contribution in [-0.2, 0) is 17.9 Å². The molecule has 4 nitrogen and oxygen atoms in total. The number of ether oxygens (including phenoxy) is 1. The summed E-state index contributed by atoms with van der Waals surface area (Å²) in [7, 11) is 1.55. The van der Waals surface area contributed by atoms with Crippen molar-refractivity contribution >= 4 is 0 Å². The van der Waals surface area contributed by atoms with Gasteiger partial charge < -0.3 is 4.74 Å². The van der Waals surface area contributed by atoms with Gasteiger partial charge in [-0.15, -0.1) is 6.42 Å². The minimum atomic E-state index is -0.153. The first-order chi connectivity index (χ1) is 6.27. The van der Waals surface area contributed by atoms with Gasteiger partial charge in [0.15, 0.2) is 0 Å². The van der Waals surface area contributed by atoms with E-state index in [1.807, 2.05) is 0 Å². The lowest BCUT2D eigenvalue weighted by Crippen LogP contribution is -2.20. The Balaban J connectivity index is 2.93. The van der Waals surface area contributed by atoms with E-state index in [2.05, 4.69) is 10.9 Å². The van der Waals surface area contributed by atoms with E-state index in [1.165, 1.54) is 17.0 Å². The van der Waals surface area contributed by atoms with Gasteiger partial charge in [0.2, 0.25) is 0 Å². The number of hydrogen-bond acceptors (Lipinski definition) is 3. The molecule has 0 bridgehead atoms. The quantitative estimate of drug-likeness (QED) is 0.613. The van der Waals surface area contributed by atoms with E-state index in [0.29, 0.717) is 12.3 Å². The first-order valence-electron chi connectivity index (χ1n) is 3.75. The molecule has 0 aliphatic heterocycles. The Kier molecular flexibility index (Phi) is 3.23. The molecule has 0 unspecified atom stereocenters. The molecule has 0 aromatic carbocycles. The highest BCUT2D eigenvalue weighted by Crippen LogP contribution is 1.90. The van der Waals surface area contributed by atoms with E-state index in [1.54, 1.807) is 7.11 Å². The fourth-order valence-corrected chi connectivity index (χ4v) is 0.907. The van der Waals surface area contributed by atoms with Gasteiger partial charge in [-0.3, -0.25) is 9.36 Å². The molecule has 68 valence electrons. The van der Waals surface area contributed by atoms with Crippen LogP contribution in [0.1, 0.15) is 5.69 Å². The zero-order chi connectivity index (χ0) is 9.68. The minimum Gasteiger partial charge on any atom is -0.378 e. The van der Waals surface area contributed by atoms with Crippen molar-refractivity contribution in [3.05, 3.63) is 28.4 Å². The average Bonchev–Trinajstić information content (AvgIpc) is 2.10. The predicted octanol–water partition coefficient (Wildman–Crippen LogP) is 0.0229. The number of nitrogens with zero attached hydrogens (tertiary/aromatic N) is 2. The number of aromatic nitrogens is 2. The highest BCUT2D eigenvalue weighted by molar-refractivity contribution is 4.99. The zero-order valence-corrected chi connectivity index (χ0v) is 7.36. The van der Waals surface area contributed by atoms with Gasteiger partial charge in [-0.1, -0.05) is 5.92 Å². The van der Waals surface area contributed by atoms with E-state index in [0.717, 1.165) is 0 Å². The van der Waals surface area contributed by atoms with Crippen molar-refractivity contribution < 1.29 is 4.74 Å². The summed E-state index contributed by atoms with van der Waals surface area (Å²) in [6, 6.07) is 1.42. The Labute approximate surface area is 76.2 Å². The Morgan fingerprint density at radius 2 is 2.54 bits per heavy atom. The number of methoxy groups -OCH3 is 1. The van der Waals surface area contributed by atoms with E-state index in [9.17, 15) is 4.79 Å². The second-order valence-corrected chi connectivity index (χ2v) is 2.48. The first kappa shape index (κ1) is 9.49. The van der Waals surface area contributed by atoms with Crippen LogP contribution in [0.25, 0.3) is 0 Å². The maximum Gasteiger partial charge on any atom is 0.254 e. The van der Waals surface area contributed by atoms with Gasteiger partial charge >= 0.3 is 0 Å². The molecule has 1 heterocycles. The number of terminal acetylenes is 1. The smallest absolute Gasteiger partial charge is 0.254 e. The predicted molar refractivity (Wildman–Crippen MR) is 48.0 cm³/mol. The molecular weight excluding hydrogens is 168 g/mol. The van der Waals surface area contributed by atoms with E-state index in [4.69, 9.17) is 11.2 Å². The maximum atomic E-state index is 11.3. The lowest BCUT2D eigenvalue weighted by molar-refractivity contribution is 0.181. The van der Waals surface area contributed by atoms with Crippen molar-refractivity contribution in [2.45, 2.75) is 13.2 Å². The van der Waals surface area contributed by atoms with Gasteiger partial charge in [0.1, 0.15) is 0 Å². The molecule has 0 fully saturated rings. The van der Waals surface area contributed by atoms with Crippen LogP contribution in [0.5, 0.6) is 0 Å². The van der Waals surface area contributed by atoms with Gasteiger partial charge in [0.25, 0.3) is 5.56 Å². The summed E-state index contributed by atoms with van der Waals surface area (Å²) in [6.07, 6.45) is 6.49. The fourth-order valence-electron chi connectivity index (χ4n) is 0.907. The lowest BCUT2D eigenvalue weighted by Gasteiger charge is -2.01. The van der Waals surface area contributed by atoms with Crippen LogP contribution in [0.4, 0.5) is 0 Å². The van der Waals surface area contributed by atoms with Crippen molar-refractivity contribution in [3.63, 3.8) is 0 Å². The largest absolute Gasteiger partial charge is 0.378 e. The second kappa shape index (κ2) is 4.43. The summed E-state index contributed by atoms with van der Waals surface area (Å²) in [6.45, 7) is 0.589. The van der Waals surface area contributed by atoms with Crippen LogP contribution in [0, 0.1) is 12.3 Å². The molecule has 0 radical (unpaired) electrons. The van der Waals surface area contributed by atoms with Crippen LogP contribution in [-0.4, -0.2) is 16.7 Å². The molecule has 13 heavy (non-hydrogen) atoms. The Bertz CT molecular complexity index is 376. The number of hydrogen-bond donors (Lipinski definition) is 0. The monoisotopic (exact) mass is 178 g/mol. The molecule has 0 aliphatic rings. The van der Waals surface area contributed by atoms with Crippen molar-refractivity contribution in [2.75, 3.05) is 7.11 Å². The summed E-state index contributed by atoms with van der Waals surface area (Å²) in [5, 5.41) is 0. The molecule has 0 saturated heterocycles. The number of rotatable bonds is 3. The summed E-state index contributed by atoms with van der Waals surface area (Å²) in [5.41, 5.74) is 0.459. The third-order valence-corrected chi connectivity index (χ3v) is 1.49. The van der Waals surface area contributed by atoms with Crippen molar-refractivity contribution in [1.82, 2.24) is 9.55 Å². The van der Waals surface area contributed by atoms with E-state index >= 15 is 0 Å². The molecule has 4 heteroatoms. The summed E-state index contributed by atoms with van der Waals surface area (Å²) < 4.78 is 6.19. The Morgan fingerprint density at radius 3 is 3.08 bits per heavy atom. The fraction of sp³-hybridized carbons (Fsp3) is 0.333. The van der Waals surface area contributed by atoms with Crippen LogP contribution in [0.2, 0.25) is 0 Å². The molecule has 1 aromatic rings. The second-order valence-electron chi connectivity index (χ2n) is 2.48. The van der Waals surface area contributed by atoms with Crippen molar-refractivity contribution in [3.8, 4) is 12.3 Å². The normalized spacial score (nSPS) is 9.54. The molecule has 0 amide bonds. The SMILES string of the molecule is C#CCn1cnc(COC)cc1=O. The summed E-state index contributed by atoms with van der Waals surface area (Å²) in [5.74, 6) is 2.37. The molecule has 0 saturated carbocycles. The Hall–Kier alpha value is -1.60. The summed E-state index contributed by atoms with van der Waals surface area (Å²) in [4.78, 5) is 15.3. The molecule has 1 rings (SSSR count). The molecular formula is C9H10N2O2. The zero-order valence-electron chi connectivity index (χ0n) is 7.36. The molecule has 0 atom stereocenters. The third kappa shape index (κ3) is 2.42. The first-order valence-corrected chi connectivity index (χ1v) is 3.75. The van der Waals surface area contributed by atoms with Crippen LogP contribution < -0.4 is 5.56 Å². The average molecular weight is 178 g/mol. The van der Waals surface area contributed by atoms with Crippen LogP contribution in [0.15, 0.2) is 17.2 Å². The standard InChI is InChI=1S/C9H10N2O2/c1-3-4-11-7-10-8(6-13-2)5-9(11)12/h1,5,7H,4,6H2,2H3. The Morgan fingerprint density at radius 1 is 1.77 bits per heavy atom. The molecule has 0 spiro atoms. The molecule has 1 aromatic heterocycles. The van der Waals surface area contributed by atoms with Crippen LogP contribution in [0.3, 0.4) is 0 Å². The van der Waals surface area contributed by atoms with Gasteiger partial charge in [0, 0.05) is 13.2 Å². The van der Waals surface area contributed by atoms with Gasteiger partial charge in [0.05, 0.1) is 25.2 Å². The van der Waals surface area contributed by atoms with Gasteiger partial charge in [-0.25, -0.2) is 4.98 Å². The van der Waals surface area contributed by atoms with E-state index < -0.39 is 0 Å². The van der Waals surface area contributed by atoms with E-state index in [-0.39, 0.29) is 12.1 Å². The lowest BCUT2D eigenvalue weighted by atomic mass is 10.4. The third-order valence-electron chi connectivity index (χ3n) is 1.49. The van der Waals surface area contributed by atoms with Gasteiger partial charge in [-0.05, 0) is 0 Å². The topological polar surface area (TPSA) is 44.1 Å². The summed E-state index contributed by atoms with van der Waals surface area (Å²) >= 11 is 0. The molecule has 0 N–H and O–H groups in total. The highest BCUT2D eigenvalue weighted by atomic mass is 16.5. The van der Waals surface area contributed by atoms with Crippen molar-refractivity contribution in [2.24, 2.45) is 0 Å². The van der Waals surface area contributed by atoms with Gasteiger partial charge in [-0.2, -0.15) is 0 Å². The maximum absolute atomic E-state index is 11.3. The minimum absolute atomic E-state index is 0.153. The highest BCUT2D eigenvalue weighted by Gasteiger charge is 1.97. The molecule has 0 aliphatic carbocycles. The van der Waals surface area contributed by atoms with Crippen LogP contribution >= 0.6 is 0 Å².